The molecule has 202 valence electrons. The number of aromatic nitrogens is 2. The molecule has 0 N–H and O–H groups in total. The first-order valence-electron chi connectivity index (χ1n) is 13.3. The quantitative estimate of drug-likeness (QED) is 0.171. The van der Waals surface area contributed by atoms with Crippen LogP contribution in [0, 0.1) is 6.92 Å². The fourth-order valence-electron chi connectivity index (χ4n) is 5.36. The summed E-state index contributed by atoms with van der Waals surface area (Å²) in [4.78, 5) is 17.9. The van der Waals surface area contributed by atoms with Crippen LogP contribution in [0.15, 0.2) is 124 Å². The van der Waals surface area contributed by atoms with E-state index < -0.39 is 0 Å². The van der Waals surface area contributed by atoms with Crippen molar-refractivity contribution >= 4 is 61.3 Å². The Hall–Kier alpha value is -4.68. The first-order chi connectivity index (χ1) is 19.6. The molecule has 0 saturated heterocycles. The molecule has 0 amide bonds. The van der Waals surface area contributed by atoms with E-state index in [-0.39, 0.29) is 29.3 Å². The molecule has 7 rings (SSSR count). The highest BCUT2D eigenvalue weighted by Gasteiger charge is 2.18. The largest absolute Gasteiger partial charge is 0.456 e. The summed E-state index contributed by atoms with van der Waals surface area (Å²) in [5.41, 5.74) is 6.14. The van der Waals surface area contributed by atoms with E-state index in [1.807, 2.05) is 102 Å². The van der Waals surface area contributed by atoms with Crippen LogP contribution in [0.5, 0.6) is 0 Å². The Morgan fingerprint density at radius 2 is 1.39 bits per heavy atom. The van der Waals surface area contributed by atoms with E-state index in [4.69, 9.17) is 13.8 Å². The third kappa shape index (κ3) is 5.03. The number of fused-ring (bicyclic) bond motifs is 3. The number of rotatable bonds is 7. The summed E-state index contributed by atoms with van der Waals surface area (Å²) in [6.45, 7) is 2.18. The highest BCUT2D eigenvalue weighted by Crippen LogP contribution is 2.33. The van der Waals surface area contributed by atoms with E-state index in [0.29, 0.717) is 12.0 Å². The van der Waals surface area contributed by atoms with Gasteiger partial charge in [-0.15, -0.1) is 17.0 Å². The SMILES string of the molecule is Br.Cc1nc2cccc(CC=C(c3cc4ccccc4o3)c3cc4ccccc4o3)c2n1CC(=O)c1ccccc1. The average molecular weight is 604 g/mol. The Bertz CT molecular complexity index is 1900. The monoisotopic (exact) mass is 602 g/mol. The van der Waals surface area contributed by atoms with Gasteiger partial charge < -0.3 is 13.4 Å². The first-order valence-corrected chi connectivity index (χ1v) is 13.3. The van der Waals surface area contributed by atoms with Gasteiger partial charge in [-0.1, -0.05) is 84.9 Å². The van der Waals surface area contributed by atoms with Gasteiger partial charge in [-0.05, 0) is 49.2 Å². The number of para-hydroxylation sites is 3. The molecule has 3 aromatic heterocycles. The second-order valence-electron chi connectivity index (χ2n) is 9.94. The van der Waals surface area contributed by atoms with Crippen LogP contribution in [0.3, 0.4) is 0 Å². The molecule has 0 atom stereocenters. The van der Waals surface area contributed by atoms with Crippen LogP contribution in [-0.2, 0) is 13.0 Å². The Labute approximate surface area is 247 Å². The Kier molecular flexibility index (Phi) is 7.16. The minimum absolute atomic E-state index is 0. The predicted molar refractivity (Wildman–Crippen MR) is 169 cm³/mol. The highest BCUT2D eigenvalue weighted by atomic mass is 79.9. The highest BCUT2D eigenvalue weighted by molar-refractivity contribution is 8.93. The summed E-state index contributed by atoms with van der Waals surface area (Å²) >= 11 is 0. The molecular weight excluding hydrogens is 576 g/mol. The van der Waals surface area contributed by atoms with Gasteiger partial charge in [0.15, 0.2) is 5.78 Å². The molecule has 5 nitrogen and oxygen atoms in total. The molecule has 0 fully saturated rings. The van der Waals surface area contributed by atoms with Crippen LogP contribution in [0.4, 0.5) is 0 Å². The number of carbonyl (C=O) groups excluding carboxylic acids is 1. The van der Waals surface area contributed by atoms with Gasteiger partial charge in [0, 0.05) is 16.3 Å². The van der Waals surface area contributed by atoms with Gasteiger partial charge in [-0.25, -0.2) is 4.98 Å². The maximum Gasteiger partial charge on any atom is 0.182 e. The second kappa shape index (κ2) is 11.1. The molecule has 7 aromatic rings. The number of benzene rings is 4. The molecule has 6 heteroatoms. The Balaban J connectivity index is 0.00000302. The van der Waals surface area contributed by atoms with E-state index in [1.54, 1.807) is 0 Å². The number of nitrogens with zero attached hydrogens (tertiary/aromatic N) is 2. The minimum Gasteiger partial charge on any atom is -0.456 e. The zero-order valence-corrected chi connectivity index (χ0v) is 24.1. The fraction of sp³-hybridized carbons (Fsp3) is 0.0857. The van der Waals surface area contributed by atoms with Gasteiger partial charge in [0.25, 0.3) is 0 Å². The number of carbonyl (C=O) groups is 1. The number of aryl methyl sites for hydroxylation is 1. The fourth-order valence-corrected chi connectivity index (χ4v) is 5.36. The predicted octanol–water partition coefficient (Wildman–Crippen LogP) is 8.97. The lowest BCUT2D eigenvalue weighted by Gasteiger charge is -2.10. The number of hydrogen-bond acceptors (Lipinski definition) is 4. The topological polar surface area (TPSA) is 61.2 Å². The standard InChI is InChI=1S/C35H26N2O3.BrH/c1-23-36-29-15-9-14-25(35(29)37(23)22-30(38)24-10-3-2-4-11-24)18-19-28(33-20-26-12-5-7-16-31(26)39-33)34-21-27-13-6-8-17-32(27)40-34;/h2-17,19-21H,18,22H2,1H3;1H. The molecular formula is C35H27BrN2O3. The Morgan fingerprint density at radius 3 is 2.02 bits per heavy atom. The summed E-state index contributed by atoms with van der Waals surface area (Å²) in [6, 6.07) is 35.6. The van der Waals surface area contributed by atoms with E-state index in [9.17, 15) is 4.79 Å². The van der Waals surface area contributed by atoms with Crippen molar-refractivity contribution in [3.63, 3.8) is 0 Å². The lowest BCUT2D eigenvalue weighted by molar-refractivity contribution is 0.0972. The van der Waals surface area contributed by atoms with Crippen molar-refractivity contribution < 1.29 is 13.6 Å². The van der Waals surface area contributed by atoms with E-state index in [1.165, 1.54) is 0 Å². The smallest absolute Gasteiger partial charge is 0.182 e. The zero-order valence-electron chi connectivity index (χ0n) is 22.4. The summed E-state index contributed by atoms with van der Waals surface area (Å²) in [6.07, 6.45) is 2.75. The molecule has 3 heterocycles. The van der Waals surface area contributed by atoms with Gasteiger partial charge in [0.1, 0.15) is 28.5 Å². The minimum atomic E-state index is 0. The van der Waals surface area contributed by atoms with Gasteiger partial charge in [-0.3, -0.25) is 4.79 Å². The molecule has 4 aromatic carbocycles. The number of furan rings is 2. The molecule has 41 heavy (non-hydrogen) atoms. The first kappa shape index (κ1) is 26.5. The van der Waals surface area contributed by atoms with E-state index >= 15 is 0 Å². The molecule has 0 aliphatic heterocycles. The summed E-state index contributed by atoms with van der Waals surface area (Å²) < 4.78 is 14.6. The van der Waals surface area contributed by atoms with Crippen molar-refractivity contribution in [2.24, 2.45) is 0 Å². The number of allylic oxidation sites excluding steroid dienone is 1. The molecule has 0 aliphatic rings. The van der Waals surface area contributed by atoms with Crippen LogP contribution < -0.4 is 0 Å². The number of imidazole rings is 1. The maximum atomic E-state index is 13.1. The van der Waals surface area contributed by atoms with Gasteiger partial charge in [0.05, 0.1) is 23.2 Å². The van der Waals surface area contributed by atoms with Gasteiger partial charge in [-0.2, -0.15) is 0 Å². The lowest BCUT2D eigenvalue weighted by atomic mass is 10.0. The van der Waals surface area contributed by atoms with Crippen molar-refractivity contribution in [3.8, 4) is 0 Å². The van der Waals surface area contributed by atoms with Gasteiger partial charge in [0.2, 0.25) is 0 Å². The van der Waals surface area contributed by atoms with Crippen molar-refractivity contribution in [1.82, 2.24) is 9.55 Å². The third-order valence-corrected chi connectivity index (χ3v) is 7.35. The van der Waals surface area contributed by atoms with Crippen molar-refractivity contribution in [1.29, 1.82) is 0 Å². The van der Waals surface area contributed by atoms with E-state index in [0.717, 1.165) is 61.5 Å². The van der Waals surface area contributed by atoms with Crippen LogP contribution in [0.25, 0.3) is 38.5 Å². The Morgan fingerprint density at radius 1 is 0.780 bits per heavy atom. The second-order valence-corrected chi connectivity index (χ2v) is 9.94. The molecule has 0 unspecified atom stereocenters. The van der Waals surface area contributed by atoms with Crippen molar-refractivity contribution in [2.45, 2.75) is 19.9 Å². The molecule has 0 radical (unpaired) electrons. The maximum absolute atomic E-state index is 13.1. The number of halogens is 1. The normalized spacial score (nSPS) is 11.1. The van der Waals surface area contributed by atoms with Crippen LogP contribution >= 0.6 is 17.0 Å². The molecule has 0 bridgehead atoms. The van der Waals surface area contributed by atoms with Crippen molar-refractivity contribution in [2.75, 3.05) is 0 Å². The number of Topliss-reactive ketones (excluding diaryl/α,β-unsaturated/α-hetero) is 1. The molecule has 0 aliphatic carbocycles. The summed E-state index contributed by atoms with van der Waals surface area (Å²) in [5.74, 6) is 2.36. The third-order valence-electron chi connectivity index (χ3n) is 7.35. The zero-order chi connectivity index (χ0) is 27.1. The van der Waals surface area contributed by atoms with Crippen LogP contribution in [-0.4, -0.2) is 15.3 Å². The van der Waals surface area contributed by atoms with Crippen LogP contribution in [0.1, 0.15) is 33.3 Å². The average Bonchev–Trinajstić information content (AvgIpc) is 3.69. The van der Waals surface area contributed by atoms with Gasteiger partial charge >= 0.3 is 0 Å². The van der Waals surface area contributed by atoms with Crippen LogP contribution in [0.2, 0.25) is 0 Å². The summed E-state index contributed by atoms with van der Waals surface area (Å²) in [5, 5.41) is 2.07. The number of ketones is 1. The van der Waals surface area contributed by atoms with E-state index in [2.05, 4.69) is 24.3 Å². The summed E-state index contributed by atoms with van der Waals surface area (Å²) in [7, 11) is 0. The lowest BCUT2D eigenvalue weighted by Crippen LogP contribution is -2.12. The molecule has 0 spiro atoms. The number of hydrogen-bond donors (Lipinski definition) is 0. The van der Waals surface area contributed by atoms with Crippen molar-refractivity contribution in [3.05, 3.63) is 144 Å². The molecule has 0 saturated carbocycles.